The van der Waals surface area contributed by atoms with Gasteiger partial charge in [0.25, 0.3) is 0 Å². The van der Waals surface area contributed by atoms with Gasteiger partial charge < -0.3 is 10.1 Å². The molecule has 21 heavy (non-hydrogen) atoms. The maximum absolute atomic E-state index is 6.39. The molecule has 0 saturated heterocycles. The van der Waals surface area contributed by atoms with E-state index in [0.717, 1.165) is 35.7 Å². The second-order valence-electron chi connectivity index (χ2n) is 5.86. The lowest BCUT2D eigenvalue weighted by molar-refractivity contribution is -0.109. The maximum Gasteiger partial charge on any atom is 0.106 e. The van der Waals surface area contributed by atoms with Gasteiger partial charge in [0.15, 0.2) is 0 Å². The van der Waals surface area contributed by atoms with Crippen LogP contribution in [-0.2, 0) is 4.74 Å². The second kappa shape index (κ2) is 5.75. The summed E-state index contributed by atoms with van der Waals surface area (Å²) in [6, 6.07) is 4.36. The summed E-state index contributed by atoms with van der Waals surface area (Å²) in [6.07, 6.45) is 2.44. The van der Waals surface area contributed by atoms with Gasteiger partial charge in [-0.05, 0) is 31.9 Å². The van der Waals surface area contributed by atoms with Gasteiger partial charge >= 0.3 is 0 Å². The van der Waals surface area contributed by atoms with E-state index in [4.69, 9.17) is 16.3 Å². The average molecular weight is 325 g/mol. The van der Waals surface area contributed by atoms with Crippen molar-refractivity contribution < 1.29 is 4.74 Å². The number of thiazole rings is 1. The summed E-state index contributed by atoms with van der Waals surface area (Å²) in [5.41, 5.74) is 3.97. The Bertz CT molecular complexity index is 644. The van der Waals surface area contributed by atoms with Crippen molar-refractivity contribution in [1.82, 2.24) is 4.98 Å². The Morgan fingerprint density at radius 1 is 1.48 bits per heavy atom. The van der Waals surface area contributed by atoms with Crippen molar-refractivity contribution in [2.24, 2.45) is 5.41 Å². The molecule has 5 heteroatoms. The van der Waals surface area contributed by atoms with Gasteiger partial charge in [0.2, 0.25) is 0 Å². The highest BCUT2D eigenvalue weighted by atomic mass is 35.5. The number of nitrogens with zero attached hydrogens (tertiary/aromatic N) is 1. The van der Waals surface area contributed by atoms with E-state index in [-0.39, 0.29) is 5.41 Å². The van der Waals surface area contributed by atoms with Gasteiger partial charge in [-0.2, -0.15) is 0 Å². The van der Waals surface area contributed by atoms with Gasteiger partial charge in [-0.1, -0.05) is 25.4 Å². The van der Waals surface area contributed by atoms with Gasteiger partial charge in [0, 0.05) is 18.1 Å². The lowest BCUT2D eigenvalue weighted by Gasteiger charge is -2.54. The molecule has 1 aromatic heterocycles. The van der Waals surface area contributed by atoms with Crippen molar-refractivity contribution >= 4 is 38.8 Å². The largest absolute Gasteiger partial charge is 0.379 e. The summed E-state index contributed by atoms with van der Waals surface area (Å²) in [6.45, 7) is 7.35. The minimum atomic E-state index is 0.150. The van der Waals surface area contributed by atoms with Crippen LogP contribution >= 0.6 is 22.9 Å². The fourth-order valence-electron chi connectivity index (χ4n) is 3.19. The summed E-state index contributed by atoms with van der Waals surface area (Å²) in [5, 5.41) is 4.38. The number of anilines is 1. The van der Waals surface area contributed by atoms with E-state index >= 15 is 0 Å². The topological polar surface area (TPSA) is 34.1 Å². The molecule has 3 nitrogen and oxygen atoms in total. The van der Waals surface area contributed by atoms with E-state index in [2.05, 4.69) is 31.1 Å². The molecule has 0 aliphatic heterocycles. The van der Waals surface area contributed by atoms with E-state index < -0.39 is 0 Å². The predicted molar refractivity (Wildman–Crippen MR) is 90.5 cm³/mol. The van der Waals surface area contributed by atoms with Crippen molar-refractivity contribution in [2.75, 3.05) is 11.9 Å². The first kappa shape index (κ1) is 15.1. The molecule has 1 fully saturated rings. The number of benzene rings is 1. The highest BCUT2D eigenvalue weighted by Crippen LogP contribution is 2.48. The van der Waals surface area contributed by atoms with Crippen molar-refractivity contribution in [1.29, 1.82) is 0 Å². The molecular weight excluding hydrogens is 304 g/mol. The molecule has 0 radical (unpaired) electrons. The van der Waals surface area contributed by atoms with Crippen LogP contribution in [0.3, 0.4) is 0 Å². The summed E-state index contributed by atoms with van der Waals surface area (Å²) >= 11 is 8.03. The summed E-state index contributed by atoms with van der Waals surface area (Å²) in [7, 11) is 0. The average Bonchev–Trinajstić information content (AvgIpc) is 2.96. The molecule has 0 amide bonds. The van der Waals surface area contributed by atoms with Crippen LogP contribution in [0.2, 0.25) is 5.02 Å². The standard InChI is InChI=1S/C16H21ClN2OS/c1-4-16(3)12(8-13(16)20-5-2)19-14-10(17)6-7-11-15(14)18-9-21-11/h6-7,9,12-13,19H,4-5,8H2,1-3H3. The summed E-state index contributed by atoms with van der Waals surface area (Å²) in [5.74, 6) is 0. The molecule has 1 saturated carbocycles. The zero-order valence-electron chi connectivity index (χ0n) is 12.6. The highest BCUT2D eigenvalue weighted by molar-refractivity contribution is 7.16. The Kier molecular flexibility index (Phi) is 4.12. The molecule has 1 N–H and O–H groups in total. The molecule has 2 aromatic rings. The first-order chi connectivity index (χ1) is 10.1. The van der Waals surface area contributed by atoms with Gasteiger partial charge in [0.1, 0.15) is 5.52 Å². The van der Waals surface area contributed by atoms with Gasteiger partial charge in [-0.25, -0.2) is 4.98 Å². The number of nitrogens with one attached hydrogen (secondary N) is 1. The normalized spacial score (nSPS) is 28.6. The molecule has 3 atom stereocenters. The van der Waals surface area contributed by atoms with Crippen LogP contribution in [-0.4, -0.2) is 23.7 Å². The van der Waals surface area contributed by atoms with Crippen LogP contribution in [0.5, 0.6) is 0 Å². The fraction of sp³-hybridized carbons (Fsp3) is 0.562. The predicted octanol–water partition coefficient (Wildman–Crippen LogP) is 4.96. The molecule has 0 spiro atoms. The third kappa shape index (κ3) is 2.43. The van der Waals surface area contributed by atoms with Gasteiger partial charge in [-0.3, -0.25) is 0 Å². The molecule has 0 bridgehead atoms. The zero-order chi connectivity index (χ0) is 15.0. The van der Waals surface area contributed by atoms with E-state index in [1.54, 1.807) is 11.3 Å². The molecule has 1 heterocycles. The van der Waals surface area contributed by atoms with Crippen LogP contribution in [0, 0.1) is 5.41 Å². The molecule has 1 aliphatic rings. The minimum Gasteiger partial charge on any atom is -0.379 e. The Morgan fingerprint density at radius 2 is 2.29 bits per heavy atom. The third-order valence-electron chi connectivity index (χ3n) is 4.88. The van der Waals surface area contributed by atoms with E-state index in [1.165, 1.54) is 4.70 Å². The van der Waals surface area contributed by atoms with Gasteiger partial charge in [0.05, 0.1) is 27.0 Å². The fourth-order valence-corrected chi connectivity index (χ4v) is 4.08. The number of halogens is 1. The maximum atomic E-state index is 6.39. The smallest absolute Gasteiger partial charge is 0.106 e. The minimum absolute atomic E-state index is 0.150. The van der Waals surface area contributed by atoms with Crippen LogP contribution < -0.4 is 5.32 Å². The van der Waals surface area contributed by atoms with Crippen LogP contribution in [0.25, 0.3) is 10.2 Å². The second-order valence-corrected chi connectivity index (χ2v) is 7.15. The van der Waals surface area contributed by atoms with Crippen LogP contribution in [0.4, 0.5) is 5.69 Å². The number of fused-ring (bicyclic) bond motifs is 1. The molecular formula is C16H21ClN2OS. The zero-order valence-corrected chi connectivity index (χ0v) is 14.2. The molecule has 114 valence electrons. The Balaban J connectivity index is 1.86. The van der Waals surface area contributed by atoms with E-state index in [9.17, 15) is 0 Å². The first-order valence-corrected chi connectivity index (χ1v) is 8.75. The summed E-state index contributed by atoms with van der Waals surface area (Å²) in [4.78, 5) is 4.46. The van der Waals surface area contributed by atoms with Crippen LogP contribution in [0.15, 0.2) is 17.6 Å². The first-order valence-electron chi connectivity index (χ1n) is 7.50. The number of hydrogen-bond donors (Lipinski definition) is 1. The van der Waals surface area contributed by atoms with Gasteiger partial charge in [-0.15, -0.1) is 11.3 Å². The molecule has 3 unspecified atom stereocenters. The lowest BCUT2D eigenvalue weighted by atomic mass is 9.61. The number of rotatable bonds is 5. The Hall–Kier alpha value is -0.840. The van der Waals surface area contributed by atoms with Crippen molar-refractivity contribution in [3.63, 3.8) is 0 Å². The quantitative estimate of drug-likeness (QED) is 0.844. The van der Waals surface area contributed by atoms with Crippen molar-refractivity contribution in [3.05, 3.63) is 22.7 Å². The van der Waals surface area contributed by atoms with E-state index in [1.807, 2.05) is 17.6 Å². The Labute approximate surface area is 134 Å². The molecule has 1 aromatic carbocycles. The van der Waals surface area contributed by atoms with Crippen molar-refractivity contribution in [3.8, 4) is 0 Å². The number of hydrogen-bond acceptors (Lipinski definition) is 4. The highest BCUT2D eigenvalue weighted by Gasteiger charge is 2.51. The third-order valence-corrected chi connectivity index (χ3v) is 5.99. The molecule has 3 rings (SSSR count). The monoisotopic (exact) mass is 324 g/mol. The SMILES string of the molecule is CCOC1CC(Nc2c(Cl)ccc3scnc23)C1(C)CC. The number of aromatic nitrogens is 1. The summed E-state index contributed by atoms with van der Waals surface area (Å²) < 4.78 is 7.04. The molecule has 1 aliphatic carbocycles. The van der Waals surface area contributed by atoms with Crippen LogP contribution in [0.1, 0.15) is 33.6 Å². The van der Waals surface area contributed by atoms with Crippen molar-refractivity contribution in [2.45, 2.75) is 45.8 Å². The lowest BCUT2D eigenvalue weighted by Crippen LogP contribution is -2.59. The number of ether oxygens (including phenoxy) is 1. The Morgan fingerprint density at radius 3 is 3.00 bits per heavy atom. The van der Waals surface area contributed by atoms with E-state index in [0.29, 0.717) is 12.1 Å².